The van der Waals surface area contributed by atoms with Crippen molar-refractivity contribution < 1.29 is 14.2 Å². The largest absolute Gasteiger partial charge is 0.382 e. The first-order valence-corrected chi connectivity index (χ1v) is 7.80. The number of hydrogen-bond acceptors (Lipinski definition) is 4. The van der Waals surface area contributed by atoms with Crippen molar-refractivity contribution >= 4 is 0 Å². The van der Waals surface area contributed by atoms with E-state index < -0.39 is 0 Å². The minimum atomic E-state index is 0.402. The molecular weight excluding hydrogens is 242 g/mol. The van der Waals surface area contributed by atoms with Gasteiger partial charge in [-0.3, -0.25) is 0 Å². The van der Waals surface area contributed by atoms with Gasteiger partial charge in [-0.2, -0.15) is 0 Å². The molecule has 19 heavy (non-hydrogen) atoms. The molecule has 0 aromatic heterocycles. The van der Waals surface area contributed by atoms with Crippen LogP contribution in [0.3, 0.4) is 0 Å². The number of ether oxygens (including phenoxy) is 3. The molecule has 1 aliphatic rings. The molecule has 2 atom stereocenters. The van der Waals surface area contributed by atoms with Gasteiger partial charge in [0.1, 0.15) is 0 Å². The quantitative estimate of drug-likeness (QED) is 0.587. The summed E-state index contributed by atoms with van der Waals surface area (Å²) in [6, 6.07) is 0.558. The molecule has 0 radical (unpaired) electrons. The van der Waals surface area contributed by atoms with Crippen LogP contribution in [0.2, 0.25) is 0 Å². The average Bonchev–Trinajstić information content (AvgIpc) is 2.45. The Kier molecular flexibility index (Phi) is 10.4. The van der Waals surface area contributed by atoms with Gasteiger partial charge in [-0.1, -0.05) is 19.8 Å². The normalized spacial score (nSPS) is 23.7. The summed E-state index contributed by atoms with van der Waals surface area (Å²) in [6.45, 7) is 6.24. The lowest BCUT2D eigenvalue weighted by Crippen LogP contribution is -2.44. The van der Waals surface area contributed by atoms with Gasteiger partial charge in [-0.25, -0.2) is 0 Å². The summed E-state index contributed by atoms with van der Waals surface area (Å²) in [5.74, 6) is 0. The van der Waals surface area contributed by atoms with E-state index in [9.17, 15) is 0 Å². The van der Waals surface area contributed by atoms with E-state index in [0.29, 0.717) is 25.4 Å². The molecule has 4 heteroatoms. The van der Waals surface area contributed by atoms with Gasteiger partial charge >= 0.3 is 0 Å². The van der Waals surface area contributed by atoms with Crippen molar-refractivity contribution in [2.45, 2.75) is 57.6 Å². The van der Waals surface area contributed by atoms with E-state index in [2.05, 4.69) is 12.2 Å². The summed E-state index contributed by atoms with van der Waals surface area (Å²) in [6.07, 6.45) is 7.66. The lowest BCUT2D eigenvalue weighted by atomic mass is 9.92. The predicted molar refractivity (Wildman–Crippen MR) is 77.6 cm³/mol. The van der Waals surface area contributed by atoms with E-state index in [-0.39, 0.29) is 0 Å². The molecule has 1 rings (SSSR count). The first-order chi connectivity index (χ1) is 9.38. The fourth-order valence-electron chi connectivity index (χ4n) is 2.50. The monoisotopic (exact) mass is 273 g/mol. The van der Waals surface area contributed by atoms with Crippen molar-refractivity contribution in [1.82, 2.24) is 5.32 Å². The highest BCUT2D eigenvalue weighted by Crippen LogP contribution is 2.21. The van der Waals surface area contributed by atoms with Crippen molar-refractivity contribution in [3.63, 3.8) is 0 Å². The number of nitrogens with one attached hydrogen (secondary N) is 1. The van der Waals surface area contributed by atoms with Gasteiger partial charge in [0.2, 0.25) is 0 Å². The Bertz CT molecular complexity index is 202. The molecule has 0 aromatic rings. The van der Waals surface area contributed by atoms with E-state index in [0.717, 1.165) is 26.2 Å². The lowest BCUT2D eigenvalue weighted by Gasteiger charge is -2.32. The van der Waals surface area contributed by atoms with Gasteiger partial charge in [0.05, 0.1) is 19.3 Å². The second-order valence-corrected chi connectivity index (χ2v) is 5.21. The van der Waals surface area contributed by atoms with E-state index in [1.54, 1.807) is 7.11 Å². The van der Waals surface area contributed by atoms with Gasteiger partial charge in [0, 0.05) is 26.4 Å². The molecule has 0 saturated heterocycles. The Balaban J connectivity index is 2.04. The smallest absolute Gasteiger partial charge is 0.0728 e. The minimum absolute atomic E-state index is 0.402. The first-order valence-electron chi connectivity index (χ1n) is 7.80. The summed E-state index contributed by atoms with van der Waals surface area (Å²) in [7, 11) is 1.69. The van der Waals surface area contributed by atoms with Crippen LogP contribution in [0.5, 0.6) is 0 Å². The summed E-state index contributed by atoms with van der Waals surface area (Å²) in [5, 5.41) is 3.62. The molecule has 4 nitrogen and oxygen atoms in total. The van der Waals surface area contributed by atoms with Crippen molar-refractivity contribution in [3.05, 3.63) is 0 Å². The average molecular weight is 273 g/mol. The summed E-state index contributed by atoms with van der Waals surface area (Å²) < 4.78 is 16.4. The molecule has 0 amide bonds. The Morgan fingerprint density at radius 1 is 1.05 bits per heavy atom. The van der Waals surface area contributed by atoms with Gasteiger partial charge in [0.25, 0.3) is 0 Å². The van der Waals surface area contributed by atoms with Gasteiger partial charge < -0.3 is 19.5 Å². The van der Waals surface area contributed by atoms with Crippen LogP contribution in [0.25, 0.3) is 0 Å². The van der Waals surface area contributed by atoms with E-state index >= 15 is 0 Å². The molecule has 0 spiro atoms. The zero-order valence-corrected chi connectivity index (χ0v) is 12.7. The summed E-state index contributed by atoms with van der Waals surface area (Å²) >= 11 is 0. The van der Waals surface area contributed by atoms with Crippen molar-refractivity contribution in [1.29, 1.82) is 0 Å². The second kappa shape index (κ2) is 11.6. The molecule has 1 saturated carbocycles. The van der Waals surface area contributed by atoms with Gasteiger partial charge in [0.15, 0.2) is 0 Å². The van der Waals surface area contributed by atoms with Crippen molar-refractivity contribution in [3.8, 4) is 0 Å². The van der Waals surface area contributed by atoms with Crippen LogP contribution in [0, 0.1) is 0 Å². The first kappa shape index (κ1) is 16.9. The van der Waals surface area contributed by atoms with Crippen LogP contribution >= 0.6 is 0 Å². The van der Waals surface area contributed by atoms with Crippen LogP contribution in [0.15, 0.2) is 0 Å². The summed E-state index contributed by atoms with van der Waals surface area (Å²) in [5.41, 5.74) is 0. The fourth-order valence-corrected chi connectivity index (χ4v) is 2.50. The van der Waals surface area contributed by atoms with Crippen LogP contribution in [0.4, 0.5) is 0 Å². The van der Waals surface area contributed by atoms with Gasteiger partial charge in [-0.05, 0) is 32.2 Å². The Labute approximate surface area is 118 Å². The standard InChI is InChI=1S/C15H31NO3/c1-3-9-16-14-7-4-5-8-15(14)19-11-6-10-18-13-12-17-2/h14-16H,3-13H2,1-2H3. The maximum atomic E-state index is 6.03. The molecule has 0 aliphatic heterocycles. The SMILES string of the molecule is CCCNC1CCCCC1OCCCOCCOC. The Morgan fingerprint density at radius 3 is 2.68 bits per heavy atom. The zero-order valence-electron chi connectivity index (χ0n) is 12.7. The second-order valence-electron chi connectivity index (χ2n) is 5.21. The third-order valence-corrected chi connectivity index (χ3v) is 3.56. The lowest BCUT2D eigenvalue weighted by molar-refractivity contribution is -0.00856. The number of rotatable bonds is 11. The zero-order chi connectivity index (χ0) is 13.8. The minimum Gasteiger partial charge on any atom is -0.382 e. The Morgan fingerprint density at radius 2 is 1.89 bits per heavy atom. The fraction of sp³-hybridized carbons (Fsp3) is 1.00. The molecule has 1 fully saturated rings. The third kappa shape index (κ3) is 7.88. The highest BCUT2D eigenvalue weighted by molar-refractivity contribution is 4.81. The molecule has 1 N–H and O–H groups in total. The topological polar surface area (TPSA) is 39.7 Å². The number of hydrogen-bond donors (Lipinski definition) is 1. The highest BCUT2D eigenvalue weighted by Gasteiger charge is 2.24. The molecule has 114 valence electrons. The Hall–Kier alpha value is -0.160. The molecule has 1 aliphatic carbocycles. The van der Waals surface area contributed by atoms with Crippen LogP contribution in [0.1, 0.15) is 45.4 Å². The predicted octanol–water partition coefficient (Wildman–Crippen LogP) is 2.37. The number of methoxy groups -OCH3 is 1. The summed E-state index contributed by atoms with van der Waals surface area (Å²) in [4.78, 5) is 0. The highest BCUT2D eigenvalue weighted by atomic mass is 16.5. The molecule has 2 unspecified atom stereocenters. The van der Waals surface area contributed by atoms with Crippen LogP contribution < -0.4 is 5.32 Å². The molecule has 0 aromatic carbocycles. The molecular formula is C15H31NO3. The van der Waals surface area contributed by atoms with E-state index in [1.807, 2.05) is 0 Å². The van der Waals surface area contributed by atoms with Crippen LogP contribution in [-0.4, -0.2) is 52.2 Å². The van der Waals surface area contributed by atoms with E-state index in [4.69, 9.17) is 14.2 Å². The van der Waals surface area contributed by atoms with Crippen molar-refractivity contribution in [2.75, 3.05) is 40.1 Å². The van der Waals surface area contributed by atoms with Crippen molar-refractivity contribution in [2.24, 2.45) is 0 Å². The molecule has 0 bridgehead atoms. The van der Waals surface area contributed by atoms with E-state index in [1.165, 1.54) is 32.1 Å². The molecule has 0 heterocycles. The van der Waals surface area contributed by atoms with Crippen LogP contribution in [-0.2, 0) is 14.2 Å². The maximum absolute atomic E-state index is 6.03. The maximum Gasteiger partial charge on any atom is 0.0728 e. The third-order valence-electron chi connectivity index (χ3n) is 3.56. The van der Waals surface area contributed by atoms with Gasteiger partial charge in [-0.15, -0.1) is 0 Å².